The quantitative estimate of drug-likeness (QED) is 0.189. The Morgan fingerprint density at radius 1 is 1.07 bits per heavy atom. The van der Waals surface area contributed by atoms with E-state index in [-0.39, 0.29) is 24.0 Å². The maximum absolute atomic E-state index is 11.5. The fraction of sp³-hybridized carbons (Fsp3) is 0.300. The SMILES string of the molecule is N#Cc1ccnc(N2CCC(O)(c3ccc(OC/C(C(=N)c4c(Cl)cccc4Cl)=C(/O)C4CC4)cc3Cl)CC2)c1. The molecule has 0 amide bonds. The highest BCUT2D eigenvalue weighted by Gasteiger charge is 2.36. The van der Waals surface area contributed by atoms with E-state index in [1.807, 2.05) is 4.90 Å². The number of ether oxygens (including phenoxy) is 1. The average molecular weight is 598 g/mol. The summed E-state index contributed by atoms with van der Waals surface area (Å²) in [6, 6.07) is 15.6. The number of aliphatic hydroxyl groups is 2. The molecule has 7 nitrogen and oxygen atoms in total. The third-order valence-corrected chi connectivity index (χ3v) is 8.34. The van der Waals surface area contributed by atoms with Crippen LogP contribution in [0.25, 0.3) is 0 Å². The number of nitrogens with zero attached hydrogens (tertiary/aromatic N) is 3. The lowest BCUT2D eigenvalue weighted by molar-refractivity contribution is 0.0117. The Morgan fingerprint density at radius 3 is 2.40 bits per heavy atom. The van der Waals surface area contributed by atoms with Crippen LogP contribution in [0.5, 0.6) is 5.75 Å². The van der Waals surface area contributed by atoms with Crippen LogP contribution in [0.1, 0.15) is 42.4 Å². The van der Waals surface area contributed by atoms with E-state index in [0.717, 1.165) is 12.8 Å². The molecule has 0 atom stereocenters. The van der Waals surface area contributed by atoms with Crippen molar-refractivity contribution in [2.75, 3.05) is 24.6 Å². The van der Waals surface area contributed by atoms with Gasteiger partial charge in [-0.2, -0.15) is 5.26 Å². The molecule has 3 N–H and O–H groups in total. The number of rotatable bonds is 8. The number of aliphatic hydroxyl groups excluding tert-OH is 1. The van der Waals surface area contributed by atoms with Crippen LogP contribution in [0.3, 0.4) is 0 Å². The number of halogens is 3. The molecule has 206 valence electrons. The van der Waals surface area contributed by atoms with Crippen LogP contribution in [-0.4, -0.2) is 40.6 Å². The first-order chi connectivity index (χ1) is 19.2. The van der Waals surface area contributed by atoms with Crippen molar-refractivity contribution in [1.82, 2.24) is 4.98 Å². The van der Waals surface area contributed by atoms with Gasteiger partial charge < -0.3 is 19.8 Å². The lowest BCUT2D eigenvalue weighted by Crippen LogP contribution is -2.43. The summed E-state index contributed by atoms with van der Waals surface area (Å²) in [6.07, 6.45) is 4.16. The van der Waals surface area contributed by atoms with Crippen LogP contribution in [-0.2, 0) is 5.60 Å². The molecule has 2 heterocycles. The molecule has 1 saturated heterocycles. The molecule has 2 fully saturated rings. The number of nitriles is 1. The van der Waals surface area contributed by atoms with Crippen molar-refractivity contribution in [3.63, 3.8) is 0 Å². The van der Waals surface area contributed by atoms with E-state index in [1.165, 1.54) is 0 Å². The van der Waals surface area contributed by atoms with E-state index in [1.54, 1.807) is 54.7 Å². The molecule has 0 spiro atoms. The Hall–Kier alpha value is -3.28. The molecule has 0 radical (unpaired) electrons. The number of benzene rings is 2. The number of aromatic nitrogens is 1. The summed E-state index contributed by atoms with van der Waals surface area (Å²) in [6.45, 7) is 1.02. The second-order valence-corrected chi connectivity index (χ2v) is 11.3. The molecule has 2 aliphatic rings. The minimum Gasteiger partial charge on any atom is -0.512 e. The Labute approximate surface area is 247 Å². The highest BCUT2D eigenvalue weighted by Crippen LogP contribution is 2.40. The summed E-state index contributed by atoms with van der Waals surface area (Å²) in [5.74, 6) is 1.24. The van der Waals surface area contributed by atoms with E-state index in [2.05, 4.69) is 11.1 Å². The molecular weight excluding hydrogens is 571 g/mol. The molecule has 1 aliphatic carbocycles. The van der Waals surface area contributed by atoms with Crippen LogP contribution in [0, 0.1) is 22.7 Å². The molecule has 0 unspecified atom stereocenters. The van der Waals surface area contributed by atoms with Crippen LogP contribution in [0.2, 0.25) is 15.1 Å². The fourth-order valence-corrected chi connectivity index (χ4v) is 5.85. The van der Waals surface area contributed by atoms with Gasteiger partial charge in [0, 0.05) is 36.3 Å². The number of allylic oxidation sites excluding steroid dienone is 1. The van der Waals surface area contributed by atoms with Gasteiger partial charge in [0.1, 0.15) is 23.9 Å². The van der Waals surface area contributed by atoms with Crippen molar-refractivity contribution in [1.29, 1.82) is 10.7 Å². The Bertz CT molecular complexity index is 1500. The van der Waals surface area contributed by atoms with Gasteiger partial charge in [-0.15, -0.1) is 0 Å². The second-order valence-electron chi connectivity index (χ2n) is 10.1. The van der Waals surface area contributed by atoms with Gasteiger partial charge in [-0.25, -0.2) is 4.98 Å². The van der Waals surface area contributed by atoms with Crippen molar-refractivity contribution >= 4 is 46.3 Å². The first kappa shape index (κ1) is 28.3. The molecule has 2 aromatic carbocycles. The van der Waals surface area contributed by atoms with Gasteiger partial charge in [0.2, 0.25) is 0 Å². The first-order valence-corrected chi connectivity index (χ1v) is 14.0. The largest absolute Gasteiger partial charge is 0.512 e. The van der Waals surface area contributed by atoms with Gasteiger partial charge in [-0.3, -0.25) is 5.41 Å². The zero-order chi connectivity index (χ0) is 28.4. The zero-order valence-electron chi connectivity index (χ0n) is 21.5. The summed E-state index contributed by atoms with van der Waals surface area (Å²) in [5, 5.41) is 41.3. The third kappa shape index (κ3) is 5.91. The molecule has 3 aromatic rings. The topological polar surface area (TPSA) is 113 Å². The zero-order valence-corrected chi connectivity index (χ0v) is 23.8. The van der Waals surface area contributed by atoms with Crippen LogP contribution >= 0.6 is 34.8 Å². The van der Waals surface area contributed by atoms with E-state index in [4.69, 9.17) is 44.9 Å². The molecule has 1 saturated carbocycles. The van der Waals surface area contributed by atoms with Gasteiger partial charge in [0.15, 0.2) is 0 Å². The van der Waals surface area contributed by atoms with Gasteiger partial charge in [-0.05, 0) is 62.1 Å². The van der Waals surface area contributed by atoms with Gasteiger partial charge >= 0.3 is 0 Å². The van der Waals surface area contributed by atoms with Gasteiger partial charge in [0.05, 0.1) is 43.6 Å². The van der Waals surface area contributed by atoms with E-state index in [0.29, 0.717) is 74.8 Å². The summed E-state index contributed by atoms with van der Waals surface area (Å²) in [5.41, 5.74) is 0.687. The molecule has 10 heteroatoms. The highest BCUT2D eigenvalue weighted by atomic mass is 35.5. The summed E-state index contributed by atoms with van der Waals surface area (Å²) in [7, 11) is 0. The van der Waals surface area contributed by atoms with Crippen molar-refractivity contribution < 1.29 is 14.9 Å². The summed E-state index contributed by atoms with van der Waals surface area (Å²) >= 11 is 19.3. The van der Waals surface area contributed by atoms with Crippen molar-refractivity contribution in [2.45, 2.75) is 31.3 Å². The number of hydrogen-bond donors (Lipinski definition) is 3. The normalized spacial score (nSPS) is 17.1. The minimum absolute atomic E-state index is 0.0103. The number of nitrogens with one attached hydrogen (secondary N) is 1. The lowest BCUT2D eigenvalue weighted by Gasteiger charge is -2.39. The highest BCUT2D eigenvalue weighted by molar-refractivity contribution is 6.41. The summed E-state index contributed by atoms with van der Waals surface area (Å²) < 4.78 is 5.99. The van der Waals surface area contributed by atoms with E-state index in [9.17, 15) is 15.5 Å². The van der Waals surface area contributed by atoms with Crippen molar-refractivity contribution in [3.05, 3.63) is 97.8 Å². The molecule has 5 rings (SSSR count). The standard InChI is InChI=1S/C30H27Cl3N4O3/c31-23-2-1-3-24(32)27(23)28(35)21(29(38)19-4-5-19)17-40-20-6-7-22(25(33)15-20)30(39)9-12-37(13-10-30)26-14-18(16-34)8-11-36-26/h1-3,6-8,11,14-15,19,35,38-39H,4-5,9-10,12-13,17H2/b29-21-,35-28?. The van der Waals surface area contributed by atoms with Crippen molar-refractivity contribution in [2.24, 2.45) is 5.92 Å². The van der Waals surface area contributed by atoms with E-state index >= 15 is 0 Å². The monoisotopic (exact) mass is 596 g/mol. The van der Waals surface area contributed by atoms with Crippen LogP contribution in [0.15, 0.2) is 66.1 Å². The fourth-order valence-electron chi connectivity index (χ4n) is 4.92. The maximum Gasteiger partial charge on any atom is 0.129 e. The Morgan fingerprint density at radius 2 is 1.77 bits per heavy atom. The minimum atomic E-state index is -1.13. The first-order valence-electron chi connectivity index (χ1n) is 12.9. The molecule has 1 aliphatic heterocycles. The number of piperidine rings is 1. The van der Waals surface area contributed by atoms with E-state index < -0.39 is 5.60 Å². The predicted molar refractivity (Wildman–Crippen MR) is 157 cm³/mol. The number of anilines is 1. The third-order valence-electron chi connectivity index (χ3n) is 7.40. The van der Waals surface area contributed by atoms with Crippen LogP contribution < -0.4 is 9.64 Å². The smallest absolute Gasteiger partial charge is 0.129 e. The second kappa shape index (κ2) is 11.7. The Balaban J connectivity index is 1.30. The lowest BCUT2D eigenvalue weighted by atomic mass is 9.84. The summed E-state index contributed by atoms with van der Waals surface area (Å²) in [4.78, 5) is 6.41. The Kier molecular flexibility index (Phi) is 8.25. The molecular formula is C30H27Cl3N4O3. The predicted octanol–water partition coefficient (Wildman–Crippen LogP) is 7.07. The van der Waals surface area contributed by atoms with Crippen molar-refractivity contribution in [3.8, 4) is 11.8 Å². The van der Waals surface area contributed by atoms with Gasteiger partial charge in [0.25, 0.3) is 0 Å². The van der Waals surface area contributed by atoms with Gasteiger partial charge in [-0.1, -0.05) is 46.9 Å². The molecule has 40 heavy (non-hydrogen) atoms. The molecule has 0 bridgehead atoms. The van der Waals surface area contributed by atoms with Crippen LogP contribution in [0.4, 0.5) is 5.82 Å². The number of pyridine rings is 1. The maximum atomic E-state index is 11.5. The number of hydrogen-bond acceptors (Lipinski definition) is 7. The average Bonchev–Trinajstić information content (AvgIpc) is 3.79. The molecule has 1 aromatic heterocycles.